The maximum atomic E-state index is 12.1. The highest BCUT2D eigenvalue weighted by molar-refractivity contribution is 5.93. The smallest absolute Gasteiger partial charge is 0.352 e. The fourth-order valence-corrected chi connectivity index (χ4v) is 2.47. The monoisotopic (exact) mass is 406 g/mol. The minimum absolute atomic E-state index is 0.0428. The second-order valence-electron chi connectivity index (χ2n) is 6.21. The molecule has 3 rings (SSSR count). The van der Waals surface area contributed by atoms with Gasteiger partial charge >= 0.3 is 6.18 Å². The third-order valence-electron chi connectivity index (χ3n) is 3.92. The topological polar surface area (TPSA) is 101 Å². The summed E-state index contributed by atoms with van der Waals surface area (Å²) in [7, 11) is 0. The molecule has 0 aliphatic carbocycles. The molecule has 0 aliphatic rings. The Morgan fingerprint density at radius 3 is 2.59 bits per heavy atom. The molecule has 0 aliphatic heterocycles. The number of carbonyl (C=O) groups excluding carboxylic acids is 2. The summed E-state index contributed by atoms with van der Waals surface area (Å²) < 4.78 is 37.9. The molecule has 29 heavy (non-hydrogen) atoms. The van der Waals surface area contributed by atoms with Crippen LogP contribution in [0.5, 0.6) is 0 Å². The number of amides is 2. The Kier molecular flexibility index (Phi) is 6.05. The number of halogens is 3. The van der Waals surface area contributed by atoms with E-state index in [0.717, 1.165) is 0 Å². The van der Waals surface area contributed by atoms with Crippen molar-refractivity contribution in [2.24, 2.45) is 0 Å². The summed E-state index contributed by atoms with van der Waals surface area (Å²) in [6.07, 6.45) is 0.0258. The number of nitrogens with zero attached hydrogens (tertiary/aromatic N) is 4. The van der Waals surface area contributed by atoms with Crippen LogP contribution >= 0.6 is 0 Å². The van der Waals surface area contributed by atoms with Gasteiger partial charge in [0, 0.05) is 30.9 Å². The number of rotatable bonds is 7. The lowest BCUT2D eigenvalue weighted by Crippen LogP contribution is -2.24. The Labute approximate surface area is 163 Å². The van der Waals surface area contributed by atoms with Crippen LogP contribution in [0, 0.1) is 0 Å². The van der Waals surface area contributed by atoms with Crippen LogP contribution < -0.4 is 10.6 Å². The zero-order valence-corrected chi connectivity index (χ0v) is 15.1. The van der Waals surface area contributed by atoms with E-state index in [2.05, 4.69) is 25.7 Å². The normalized spacial score (nSPS) is 11.4. The summed E-state index contributed by atoms with van der Waals surface area (Å²) in [4.78, 5) is 31.7. The number of carbonyl (C=O) groups is 2. The number of nitrogens with one attached hydrogen (secondary N) is 2. The summed E-state index contributed by atoms with van der Waals surface area (Å²) in [5.41, 5.74) is 2.13. The fourth-order valence-electron chi connectivity index (χ4n) is 2.47. The van der Waals surface area contributed by atoms with Crippen molar-refractivity contribution < 1.29 is 22.8 Å². The summed E-state index contributed by atoms with van der Waals surface area (Å²) in [5, 5.41) is 9.31. The van der Waals surface area contributed by atoms with Gasteiger partial charge in [0.25, 0.3) is 5.91 Å². The van der Waals surface area contributed by atoms with E-state index >= 15 is 0 Å². The SMILES string of the molecule is O=C(CCC(F)(F)F)NCc1cnn2cc(CNC(=O)c3ccncc3)nc2c1. The molecule has 0 radical (unpaired) electrons. The van der Waals surface area contributed by atoms with E-state index in [9.17, 15) is 22.8 Å². The van der Waals surface area contributed by atoms with E-state index in [4.69, 9.17) is 0 Å². The van der Waals surface area contributed by atoms with Crippen molar-refractivity contribution in [1.82, 2.24) is 30.2 Å². The second-order valence-corrected chi connectivity index (χ2v) is 6.21. The van der Waals surface area contributed by atoms with Crippen LogP contribution in [0.15, 0.2) is 43.0 Å². The van der Waals surface area contributed by atoms with E-state index in [1.807, 2.05) is 0 Å². The Balaban J connectivity index is 1.55. The van der Waals surface area contributed by atoms with Gasteiger partial charge in [0.2, 0.25) is 5.91 Å². The van der Waals surface area contributed by atoms with Gasteiger partial charge in [-0.1, -0.05) is 0 Å². The van der Waals surface area contributed by atoms with Crippen molar-refractivity contribution in [2.75, 3.05) is 0 Å². The molecular formula is C18H17F3N6O2. The van der Waals surface area contributed by atoms with E-state index in [1.54, 1.807) is 24.4 Å². The third-order valence-corrected chi connectivity index (χ3v) is 3.92. The van der Waals surface area contributed by atoms with Gasteiger partial charge in [-0.05, 0) is 23.8 Å². The number of hydrogen-bond donors (Lipinski definition) is 2. The molecule has 0 fully saturated rings. The average molecular weight is 406 g/mol. The molecule has 0 bridgehead atoms. The predicted octanol–water partition coefficient (Wildman–Crippen LogP) is 2.01. The first-order valence-corrected chi connectivity index (χ1v) is 8.65. The first-order valence-electron chi connectivity index (χ1n) is 8.65. The van der Waals surface area contributed by atoms with Gasteiger partial charge in [-0.25, -0.2) is 9.50 Å². The predicted molar refractivity (Wildman–Crippen MR) is 95.5 cm³/mol. The summed E-state index contributed by atoms with van der Waals surface area (Å²) in [5.74, 6) is -0.954. The maximum Gasteiger partial charge on any atom is 0.389 e. The van der Waals surface area contributed by atoms with E-state index < -0.39 is 24.9 Å². The quantitative estimate of drug-likeness (QED) is 0.625. The molecule has 8 nitrogen and oxygen atoms in total. The molecule has 3 aromatic heterocycles. The van der Waals surface area contributed by atoms with E-state index in [1.165, 1.54) is 23.1 Å². The van der Waals surface area contributed by atoms with Gasteiger partial charge in [-0.3, -0.25) is 14.6 Å². The molecule has 0 spiro atoms. The summed E-state index contributed by atoms with van der Waals surface area (Å²) in [6.45, 7) is 0.231. The van der Waals surface area contributed by atoms with Gasteiger partial charge in [0.05, 0.1) is 31.1 Å². The lowest BCUT2D eigenvalue weighted by molar-refractivity contribution is -0.144. The second kappa shape index (κ2) is 8.67. The Bertz CT molecular complexity index is 1000. The average Bonchev–Trinajstić information content (AvgIpc) is 3.11. The van der Waals surface area contributed by atoms with Gasteiger partial charge in [-0.15, -0.1) is 0 Å². The first kappa shape index (κ1) is 20.2. The van der Waals surface area contributed by atoms with Crippen molar-refractivity contribution in [3.8, 4) is 0 Å². The highest BCUT2D eigenvalue weighted by atomic mass is 19.4. The molecule has 152 valence electrons. The maximum absolute atomic E-state index is 12.1. The molecule has 2 amide bonds. The van der Waals surface area contributed by atoms with Crippen molar-refractivity contribution in [1.29, 1.82) is 0 Å². The van der Waals surface area contributed by atoms with E-state index in [0.29, 0.717) is 22.5 Å². The molecule has 2 N–H and O–H groups in total. The Hall–Kier alpha value is -3.50. The number of fused-ring (bicyclic) bond motifs is 1. The van der Waals surface area contributed by atoms with Gasteiger partial charge in [-0.2, -0.15) is 18.3 Å². The Morgan fingerprint density at radius 1 is 1.10 bits per heavy atom. The molecule has 0 aromatic carbocycles. The zero-order chi connectivity index (χ0) is 20.9. The molecule has 3 aromatic rings. The molecule has 11 heteroatoms. The molecule has 0 atom stereocenters. The third kappa shape index (κ3) is 5.99. The molecule has 0 saturated carbocycles. The van der Waals surface area contributed by atoms with Crippen molar-refractivity contribution in [3.63, 3.8) is 0 Å². The lowest BCUT2D eigenvalue weighted by atomic mass is 10.2. The standard InChI is InChI=1S/C18H17F3N6O2/c19-18(20,21)4-1-16(28)23-8-12-7-15-26-14(11-27(15)25-9-12)10-24-17(29)13-2-5-22-6-3-13/h2-3,5-7,9,11H,1,4,8,10H2,(H,23,28)(H,24,29). The minimum atomic E-state index is -4.36. The van der Waals surface area contributed by atoms with Crippen LogP contribution in [0.3, 0.4) is 0 Å². The molecule has 0 saturated heterocycles. The molecular weight excluding hydrogens is 389 g/mol. The van der Waals surface area contributed by atoms with Gasteiger partial charge in [0.15, 0.2) is 5.65 Å². The molecule has 0 unspecified atom stereocenters. The highest BCUT2D eigenvalue weighted by Crippen LogP contribution is 2.21. The number of alkyl halides is 3. The van der Waals surface area contributed by atoms with Gasteiger partial charge in [0.1, 0.15) is 0 Å². The van der Waals surface area contributed by atoms with Crippen LogP contribution in [0.2, 0.25) is 0 Å². The van der Waals surface area contributed by atoms with Crippen molar-refractivity contribution in [3.05, 3.63) is 59.8 Å². The fraction of sp³-hybridized carbons (Fsp3) is 0.278. The van der Waals surface area contributed by atoms with Crippen LogP contribution in [0.25, 0.3) is 5.65 Å². The first-order chi connectivity index (χ1) is 13.8. The largest absolute Gasteiger partial charge is 0.389 e. The van der Waals surface area contributed by atoms with Crippen molar-refractivity contribution in [2.45, 2.75) is 32.1 Å². The number of aromatic nitrogens is 4. The number of imidazole rings is 1. The van der Waals surface area contributed by atoms with Crippen LogP contribution in [-0.2, 0) is 17.9 Å². The number of hydrogen-bond acceptors (Lipinski definition) is 5. The Morgan fingerprint density at radius 2 is 1.86 bits per heavy atom. The summed E-state index contributed by atoms with van der Waals surface area (Å²) >= 11 is 0. The lowest BCUT2D eigenvalue weighted by Gasteiger charge is -2.07. The van der Waals surface area contributed by atoms with Crippen LogP contribution in [0.1, 0.15) is 34.5 Å². The van der Waals surface area contributed by atoms with Crippen LogP contribution in [-0.4, -0.2) is 37.6 Å². The summed E-state index contributed by atoms with van der Waals surface area (Å²) in [6, 6.07) is 4.84. The number of pyridine rings is 1. The van der Waals surface area contributed by atoms with Crippen LogP contribution in [0.4, 0.5) is 13.2 Å². The van der Waals surface area contributed by atoms with Crippen molar-refractivity contribution >= 4 is 17.5 Å². The zero-order valence-electron chi connectivity index (χ0n) is 15.1. The van der Waals surface area contributed by atoms with E-state index in [-0.39, 0.29) is 19.0 Å². The van der Waals surface area contributed by atoms with Gasteiger partial charge < -0.3 is 10.6 Å². The highest BCUT2D eigenvalue weighted by Gasteiger charge is 2.27. The minimum Gasteiger partial charge on any atom is -0.352 e. The molecule has 3 heterocycles.